The third-order valence-electron chi connectivity index (χ3n) is 5.80. The van der Waals surface area contributed by atoms with Crippen LogP contribution in [0.4, 0.5) is 0 Å². The van der Waals surface area contributed by atoms with Crippen molar-refractivity contribution < 1.29 is 14.3 Å². The average Bonchev–Trinajstić information content (AvgIpc) is 2.69. The minimum absolute atomic E-state index is 0.0968. The quantitative estimate of drug-likeness (QED) is 0.731. The van der Waals surface area contributed by atoms with Gasteiger partial charge in [0.2, 0.25) is 0 Å². The van der Waals surface area contributed by atoms with Gasteiger partial charge in [-0.2, -0.15) is 0 Å². The lowest BCUT2D eigenvalue weighted by molar-refractivity contribution is -0.140. The Bertz CT molecular complexity index is 785. The van der Waals surface area contributed by atoms with Crippen molar-refractivity contribution in [2.24, 2.45) is 5.92 Å². The third-order valence-corrected chi connectivity index (χ3v) is 5.80. The number of imide groups is 1. The molecule has 0 bridgehead atoms. The Morgan fingerprint density at radius 2 is 1.93 bits per heavy atom. The van der Waals surface area contributed by atoms with E-state index in [1.165, 1.54) is 30.2 Å². The van der Waals surface area contributed by atoms with E-state index in [4.69, 9.17) is 4.74 Å². The Morgan fingerprint density at radius 3 is 2.63 bits per heavy atom. The van der Waals surface area contributed by atoms with Crippen LogP contribution in [0.5, 0.6) is 5.75 Å². The molecule has 27 heavy (non-hydrogen) atoms. The van der Waals surface area contributed by atoms with Crippen molar-refractivity contribution in [2.75, 3.05) is 13.7 Å². The molecule has 0 saturated heterocycles. The first-order chi connectivity index (χ1) is 13.0. The first-order valence-electron chi connectivity index (χ1n) is 9.90. The molecule has 4 nitrogen and oxygen atoms in total. The minimum Gasteiger partial charge on any atom is -0.496 e. The normalized spacial score (nSPS) is 18.7. The van der Waals surface area contributed by atoms with Crippen LogP contribution in [0.1, 0.15) is 55.2 Å². The molecule has 1 fully saturated rings. The summed E-state index contributed by atoms with van der Waals surface area (Å²) in [6.07, 6.45) is 11.8. The van der Waals surface area contributed by atoms with Gasteiger partial charge in [0.05, 0.1) is 7.11 Å². The second-order valence-corrected chi connectivity index (χ2v) is 7.58. The first-order valence-corrected chi connectivity index (χ1v) is 9.90. The molecular weight excluding hydrogens is 338 g/mol. The van der Waals surface area contributed by atoms with Crippen LogP contribution in [0, 0.1) is 19.8 Å². The van der Waals surface area contributed by atoms with Crippen molar-refractivity contribution >= 4 is 17.9 Å². The molecule has 2 aliphatic rings. The molecule has 2 amide bonds. The number of aryl methyl sites for hydroxylation is 1. The lowest BCUT2D eigenvalue weighted by Gasteiger charge is -2.30. The van der Waals surface area contributed by atoms with Gasteiger partial charge in [0.15, 0.2) is 0 Å². The SMILES string of the molecule is COc1cc(/C=C/C(=O)N2CCC=C(C3CCCCC3)C2=O)cc(C)c1C. The van der Waals surface area contributed by atoms with Crippen LogP contribution in [-0.4, -0.2) is 30.4 Å². The highest BCUT2D eigenvalue weighted by Gasteiger charge is 2.31. The Kier molecular flexibility index (Phi) is 6.15. The van der Waals surface area contributed by atoms with E-state index in [0.29, 0.717) is 12.5 Å². The van der Waals surface area contributed by atoms with Crippen LogP contribution in [0.15, 0.2) is 29.9 Å². The van der Waals surface area contributed by atoms with E-state index < -0.39 is 0 Å². The van der Waals surface area contributed by atoms with Crippen molar-refractivity contribution in [1.82, 2.24) is 4.90 Å². The van der Waals surface area contributed by atoms with Crippen molar-refractivity contribution in [3.05, 3.63) is 46.5 Å². The van der Waals surface area contributed by atoms with Crippen molar-refractivity contribution in [1.29, 1.82) is 0 Å². The standard InChI is InChI=1S/C23H29NO3/c1-16-14-18(15-21(27-3)17(16)2)11-12-22(25)24-13-7-10-20(23(24)26)19-8-5-4-6-9-19/h10-12,14-15,19H,4-9,13H2,1-3H3/b12-11+. The maximum absolute atomic E-state index is 12.9. The number of amides is 2. The van der Waals surface area contributed by atoms with Crippen molar-refractivity contribution in [3.63, 3.8) is 0 Å². The molecule has 1 aromatic rings. The Morgan fingerprint density at radius 1 is 1.19 bits per heavy atom. The Labute approximate surface area is 161 Å². The van der Waals surface area contributed by atoms with Gasteiger partial charge in [-0.05, 0) is 67.9 Å². The minimum atomic E-state index is -0.237. The van der Waals surface area contributed by atoms with Gasteiger partial charge in [-0.3, -0.25) is 14.5 Å². The van der Waals surface area contributed by atoms with E-state index in [-0.39, 0.29) is 11.8 Å². The fraction of sp³-hybridized carbons (Fsp3) is 0.478. The molecule has 1 aliphatic heterocycles. The maximum atomic E-state index is 12.9. The molecule has 1 saturated carbocycles. The van der Waals surface area contributed by atoms with E-state index >= 15 is 0 Å². The fourth-order valence-electron chi connectivity index (χ4n) is 4.08. The maximum Gasteiger partial charge on any atom is 0.256 e. The summed E-state index contributed by atoms with van der Waals surface area (Å²) >= 11 is 0. The van der Waals surface area contributed by atoms with E-state index in [2.05, 4.69) is 6.08 Å². The van der Waals surface area contributed by atoms with Gasteiger partial charge < -0.3 is 4.74 Å². The predicted octanol–water partition coefficient (Wildman–Crippen LogP) is 4.59. The van der Waals surface area contributed by atoms with Crippen LogP contribution in [0.3, 0.4) is 0 Å². The zero-order chi connectivity index (χ0) is 19.4. The van der Waals surface area contributed by atoms with Crippen LogP contribution in [0.2, 0.25) is 0 Å². The molecule has 3 rings (SSSR count). The molecule has 0 N–H and O–H groups in total. The lowest BCUT2D eigenvalue weighted by atomic mass is 9.82. The van der Waals surface area contributed by atoms with Gasteiger partial charge in [0, 0.05) is 18.2 Å². The second kappa shape index (κ2) is 8.55. The molecular formula is C23H29NO3. The van der Waals surface area contributed by atoms with E-state index in [0.717, 1.165) is 47.3 Å². The number of rotatable bonds is 4. The van der Waals surface area contributed by atoms with Gasteiger partial charge in [-0.1, -0.05) is 31.4 Å². The summed E-state index contributed by atoms with van der Waals surface area (Å²) in [6.45, 7) is 4.50. The summed E-state index contributed by atoms with van der Waals surface area (Å²) in [5, 5.41) is 0. The summed E-state index contributed by atoms with van der Waals surface area (Å²) < 4.78 is 5.40. The molecule has 1 aliphatic carbocycles. The molecule has 0 spiro atoms. The molecule has 144 valence electrons. The fourth-order valence-corrected chi connectivity index (χ4v) is 4.08. The molecule has 0 atom stereocenters. The summed E-state index contributed by atoms with van der Waals surface area (Å²) in [5.41, 5.74) is 3.96. The zero-order valence-electron chi connectivity index (χ0n) is 16.6. The van der Waals surface area contributed by atoms with Gasteiger partial charge in [-0.25, -0.2) is 0 Å². The molecule has 0 unspecified atom stereocenters. The summed E-state index contributed by atoms with van der Waals surface area (Å²) in [6, 6.07) is 3.94. The van der Waals surface area contributed by atoms with Crippen LogP contribution >= 0.6 is 0 Å². The van der Waals surface area contributed by atoms with Crippen LogP contribution in [0.25, 0.3) is 6.08 Å². The van der Waals surface area contributed by atoms with Gasteiger partial charge in [-0.15, -0.1) is 0 Å². The lowest BCUT2D eigenvalue weighted by Crippen LogP contribution is -2.41. The van der Waals surface area contributed by atoms with Crippen molar-refractivity contribution in [3.8, 4) is 5.75 Å². The Balaban J connectivity index is 1.72. The number of nitrogens with zero attached hydrogens (tertiary/aromatic N) is 1. The van der Waals surface area contributed by atoms with Gasteiger partial charge in [0.25, 0.3) is 11.8 Å². The second-order valence-electron chi connectivity index (χ2n) is 7.58. The number of methoxy groups -OCH3 is 1. The monoisotopic (exact) mass is 367 g/mol. The predicted molar refractivity (Wildman–Crippen MR) is 107 cm³/mol. The highest BCUT2D eigenvalue weighted by Crippen LogP contribution is 2.32. The molecule has 1 heterocycles. The highest BCUT2D eigenvalue weighted by atomic mass is 16.5. The highest BCUT2D eigenvalue weighted by molar-refractivity contribution is 6.09. The van der Waals surface area contributed by atoms with Gasteiger partial charge >= 0.3 is 0 Å². The first kappa shape index (κ1) is 19.4. The van der Waals surface area contributed by atoms with Crippen molar-refractivity contribution in [2.45, 2.75) is 52.4 Å². The van der Waals surface area contributed by atoms with Crippen LogP contribution < -0.4 is 4.74 Å². The van der Waals surface area contributed by atoms with E-state index in [1.54, 1.807) is 13.2 Å². The number of benzene rings is 1. The number of carbonyl (C=O) groups is 2. The van der Waals surface area contributed by atoms with Gasteiger partial charge in [0.1, 0.15) is 5.75 Å². The van der Waals surface area contributed by atoms with E-state index in [1.807, 2.05) is 26.0 Å². The van der Waals surface area contributed by atoms with E-state index in [9.17, 15) is 9.59 Å². The zero-order valence-corrected chi connectivity index (χ0v) is 16.6. The average molecular weight is 367 g/mol. The number of ether oxygens (including phenoxy) is 1. The smallest absolute Gasteiger partial charge is 0.256 e. The molecule has 1 aromatic carbocycles. The molecule has 0 aromatic heterocycles. The number of hydrogen-bond acceptors (Lipinski definition) is 3. The van der Waals surface area contributed by atoms with Crippen LogP contribution in [-0.2, 0) is 9.59 Å². The third kappa shape index (κ3) is 4.32. The Hall–Kier alpha value is -2.36. The molecule has 0 radical (unpaired) electrons. The number of carbonyl (C=O) groups excluding carboxylic acids is 2. The summed E-state index contributed by atoms with van der Waals surface area (Å²) in [7, 11) is 1.64. The number of hydrogen-bond donors (Lipinski definition) is 0. The summed E-state index contributed by atoms with van der Waals surface area (Å²) in [4.78, 5) is 26.9. The summed E-state index contributed by atoms with van der Waals surface area (Å²) in [5.74, 6) is 0.799. The largest absolute Gasteiger partial charge is 0.496 e. The molecule has 4 heteroatoms. The topological polar surface area (TPSA) is 46.6 Å².